The number of carbonyl (C=O) groups is 1. The lowest BCUT2D eigenvalue weighted by Gasteiger charge is -2.15. The van der Waals surface area contributed by atoms with Crippen LogP contribution in [0.4, 0.5) is 11.5 Å². The maximum absolute atomic E-state index is 11.9. The van der Waals surface area contributed by atoms with E-state index in [1.165, 1.54) is 32.5 Å². The minimum absolute atomic E-state index is 0.00548. The molecule has 11 heteroatoms. The van der Waals surface area contributed by atoms with Crippen molar-refractivity contribution in [1.29, 1.82) is 0 Å². The van der Waals surface area contributed by atoms with Gasteiger partial charge in [0.2, 0.25) is 0 Å². The number of methoxy groups -OCH3 is 2. The molecule has 0 saturated carbocycles. The lowest BCUT2D eigenvalue weighted by atomic mass is 9.96. The number of hydrogen-bond acceptors (Lipinski definition) is 8. The number of nitrogens with zero attached hydrogens (tertiary/aromatic N) is 2. The van der Waals surface area contributed by atoms with Crippen LogP contribution >= 0.6 is 7.53 Å². The van der Waals surface area contributed by atoms with Gasteiger partial charge in [-0.15, -0.1) is 7.53 Å². The number of nitro benzene ring substituents is 1. The van der Waals surface area contributed by atoms with Gasteiger partial charge in [-0.05, 0) is 42.4 Å². The third-order valence-electron chi connectivity index (χ3n) is 5.30. The second-order valence-corrected chi connectivity index (χ2v) is 9.50. The van der Waals surface area contributed by atoms with E-state index in [1.807, 2.05) is 0 Å². The van der Waals surface area contributed by atoms with Crippen molar-refractivity contribution in [3.63, 3.8) is 0 Å². The summed E-state index contributed by atoms with van der Waals surface area (Å²) >= 11 is 0. The predicted molar refractivity (Wildman–Crippen MR) is 123 cm³/mol. The van der Waals surface area contributed by atoms with Crippen LogP contribution in [0.15, 0.2) is 42.3 Å². The van der Waals surface area contributed by atoms with Crippen molar-refractivity contribution in [1.82, 2.24) is 4.98 Å². The van der Waals surface area contributed by atoms with E-state index in [0.717, 1.165) is 0 Å². The number of aromatic nitrogens is 1. The Bertz CT molecular complexity index is 1160. The van der Waals surface area contributed by atoms with E-state index in [-0.39, 0.29) is 36.2 Å². The van der Waals surface area contributed by atoms with Gasteiger partial charge in [0, 0.05) is 23.2 Å². The maximum atomic E-state index is 11.9. The summed E-state index contributed by atoms with van der Waals surface area (Å²) in [5, 5.41) is 32.4. The highest BCUT2D eigenvalue weighted by atomic mass is 31.1. The van der Waals surface area contributed by atoms with Gasteiger partial charge in [-0.1, -0.05) is 6.07 Å². The van der Waals surface area contributed by atoms with Gasteiger partial charge in [0.05, 0.1) is 31.1 Å². The van der Waals surface area contributed by atoms with Gasteiger partial charge in [-0.25, -0.2) is 4.98 Å². The molecule has 33 heavy (non-hydrogen) atoms. The van der Waals surface area contributed by atoms with E-state index in [0.29, 0.717) is 28.0 Å². The number of anilines is 1. The zero-order valence-corrected chi connectivity index (χ0v) is 19.0. The molecule has 2 atom stereocenters. The van der Waals surface area contributed by atoms with Crippen LogP contribution < -0.4 is 15.2 Å². The fourth-order valence-electron chi connectivity index (χ4n) is 3.58. The standard InChI is InChI=1S/C22H24N3O7P/c1-31-18-8-15(16(25(29)30)10-19(18)32-2)12-33-6-5-17(26)20(33)9-14(22(27)28)7-13-3-4-21(23)24-11-13/h3-6,8,10-11,14,26H,7,9,12H2,1-2H3,(H2,23,24)(H,27,28). The number of nitrogen functional groups attached to an aromatic ring is 1. The first kappa shape index (κ1) is 23.9. The average Bonchev–Trinajstić information content (AvgIpc) is 3.13. The summed E-state index contributed by atoms with van der Waals surface area (Å²) < 4.78 is 10.4. The first-order chi connectivity index (χ1) is 15.7. The molecule has 1 aromatic carbocycles. The number of aliphatic carboxylic acids is 1. The average molecular weight is 473 g/mol. The van der Waals surface area contributed by atoms with Crippen molar-refractivity contribution in [2.75, 3.05) is 20.0 Å². The molecule has 0 amide bonds. The van der Waals surface area contributed by atoms with Crippen LogP contribution in [0.25, 0.3) is 0 Å². The predicted octanol–water partition coefficient (Wildman–Crippen LogP) is 3.82. The number of carboxylic acid groups (broad SMARTS) is 1. The van der Waals surface area contributed by atoms with E-state index in [2.05, 4.69) is 4.98 Å². The van der Waals surface area contributed by atoms with Crippen molar-refractivity contribution >= 4 is 25.0 Å². The molecule has 2 aromatic heterocycles. The van der Waals surface area contributed by atoms with E-state index in [1.54, 1.807) is 24.0 Å². The third-order valence-corrected chi connectivity index (χ3v) is 7.59. The molecule has 0 aliphatic carbocycles. The molecule has 10 nitrogen and oxygen atoms in total. The molecule has 0 fully saturated rings. The van der Waals surface area contributed by atoms with Gasteiger partial charge in [0.25, 0.3) is 5.69 Å². The molecule has 2 heterocycles. The molecule has 0 saturated heterocycles. The van der Waals surface area contributed by atoms with Gasteiger partial charge in [0.1, 0.15) is 11.6 Å². The van der Waals surface area contributed by atoms with Crippen molar-refractivity contribution in [2.24, 2.45) is 5.92 Å². The summed E-state index contributed by atoms with van der Waals surface area (Å²) in [7, 11) is 1.65. The number of benzene rings is 1. The second-order valence-electron chi connectivity index (χ2n) is 7.40. The quantitative estimate of drug-likeness (QED) is 0.294. The van der Waals surface area contributed by atoms with Crippen molar-refractivity contribution in [2.45, 2.75) is 19.0 Å². The molecule has 0 aliphatic rings. The number of nitrogens with two attached hydrogens (primary N) is 1. The molecule has 174 valence electrons. The molecule has 0 aliphatic heterocycles. The number of ether oxygens (including phenoxy) is 2. The van der Waals surface area contributed by atoms with Gasteiger partial charge in [-0.3, -0.25) is 14.9 Å². The molecule has 2 unspecified atom stereocenters. The smallest absolute Gasteiger partial charge is 0.307 e. The Morgan fingerprint density at radius 3 is 2.48 bits per heavy atom. The molecule has 0 radical (unpaired) electrons. The summed E-state index contributed by atoms with van der Waals surface area (Å²) in [6.07, 6.45) is 2.09. The molecular weight excluding hydrogens is 449 g/mol. The Kier molecular flexibility index (Phi) is 7.40. The van der Waals surface area contributed by atoms with Crippen LogP contribution in [0.1, 0.15) is 16.4 Å². The summed E-state index contributed by atoms with van der Waals surface area (Å²) in [6.45, 7) is 0. The highest BCUT2D eigenvalue weighted by Gasteiger charge is 2.25. The van der Waals surface area contributed by atoms with E-state index < -0.39 is 24.3 Å². The van der Waals surface area contributed by atoms with Gasteiger partial charge < -0.3 is 25.4 Å². The van der Waals surface area contributed by atoms with Crippen molar-refractivity contribution in [3.8, 4) is 17.2 Å². The molecule has 0 spiro atoms. The van der Waals surface area contributed by atoms with Crippen LogP contribution in [0.3, 0.4) is 0 Å². The largest absolute Gasteiger partial charge is 0.507 e. The first-order valence-corrected chi connectivity index (χ1v) is 11.5. The normalized spacial score (nSPS) is 12.2. The monoisotopic (exact) mass is 473 g/mol. The minimum Gasteiger partial charge on any atom is -0.507 e. The topological polar surface area (TPSA) is 158 Å². The van der Waals surface area contributed by atoms with Gasteiger partial charge >= 0.3 is 5.97 Å². The fraction of sp³-hybridized carbons (Fsp3) is 0.273. The minimum atomic E-state index is -1.18. The lowest BCUT2D eigenvalue weighted by Crippen LogP contribution is -2.19. The number of hydrogen-bond donors (Lipinski definition) is 3. The van der Waals surface area contributed by atoms with Gasteiger partial charge in [-0.2, -0.15) is 0 Å². The Balaban J connectivity index is 1.92. The van der Waals surface area contributed by atoms with Crippen LogP contribution in [-0.2, 0) is 23.8 Å². The molecular formula is C22H24N3O7P. The number of aromatic hydroxyl groups is 1. The molecule has 3 rings (SSSR count). The lowest BCUT2D eigenvalue weighted by molar-refractivity contribution is -0.385. The Morgan fingerprint density at radius 1 is 1.21 bits per heavy atom. The first-order valence-electron chi connectivity index (χ1n) is 9.93. The van der Waals surface area contributed by atoms with Gasteiger partial charge in [0.15, 0.2) is 11.5 Å². The van der Waals surface area contributed by atoms with E-state index >= 15 is 0 Å². The van der Waals surface area contributed by atoms with Crippen molar-refractivity contribution in [3.05, 3.63) is 68.9 Å². The molecule has 3 aromatic rings. The Labute approximate surface area is 190 Å². The number of carboxylic acids is 1. The SMILES string of the molecule is COc1cc(Cp2ccc(O)c2CC(Cc2ccc(N)nc2)C(=O)O)c([N+](=O)[O-])cc1OC. The van der Waals surface area contributed by atoms with E-state index in [4.69, 9.17) is 15.2 Å². The molecule has 4 N–H and O–H groups in total. The maximum Gasteiger partial charge on any atom is 0.307 e. The van der Waals surface area contributed by atoms with Crippen LogP contribution in [-0.4, -0.2) is 40.3 Å². The van der Waals surface area contributed by atoms with Crippen LogP contribution in [0.2, 0.25) is 0 Å². The Morgan fingerprint density at radius 2 is 1.91 bits per heavy atom. The summed E-state index contributed by atoms with van der Waals surface area (Å²) in [5.41, 5.74) is 6.59. The summed E-state index contributed by atoms with van der Waals surface area (Å²) in [5.74, 6) is 0.903. The van der Waals surface area contributed by atoms with Crippen LogP contribution in [0.5, 0.6) is 17.2 Å². The fourth-order valence-corrected chi connectivity index (χ4v) is 5.82. The number of pyridine rings is 1. The zero-order chi connectivity index (χ0) is 24.1. The van der Waals surface area contributed by atoms with E-state index in [9.17, 15) is 25.1 Å². The Hall–Kier alpha value is -3.78. The highest BCUT2D eigenvalue weighted by Crippen LogP contribution is 2.47. The van der Waals surface area contributed by atoms with Crippen LogP contribution in [0, 0.1) is 16.0 Å². The van der Waals surface area contributed by atoms with Crippen molar-refractivity contribution < 1.29 is 29.4 Å². The second kappa shape index (κ2) is 10.2. The zero-order valence-electron chi connectivity index (χ0n) is 18.1. The number of rotatable bonds is 10. The third kappa shape index (κ3) is 5.53. The highest BCUT2D eigenvalue weighted by molar-refractivity contribution is 7.49. The number of nitro groups is 1. The molecule has 0 bridgehead atoms. The summed E-state index contributed by atoms with van der Waals surface area (Å²) in [4.78, 5) is 27.1. The summed E-state index contributed by atoms with van der Waals surface area (Å²) in [6, 6.07) is 7.70.